The van der Waals surface area contributed by atoms with Crippen molar-refractivity contribution in [2.24, 2.45) is 5.92 Å². The average molecular weight is 392 g/mol. The van der Waals surface area contributed by atoms with Crippen LogP contribution in [0.4, 0.5) is 5.69 Å². The minimum absolute atomic E-state index is 0.105. The number of aryl methyl sites for hydroxylation is 1. The van der Waals surface area contributed by atoms with Crippen LogP contribution < -0.4 is 5.32 Å². The Morgan fingerprint density at radius 1 is 1.19 bits per heavy atom. The van der Waals surface area contributed by atoms with E-state index in [2.05, 4.69) is 5.32 Å². The molecule has 0 fully saturated rings. The zero-order valence-electron chi connectivity index (χ0n) is 14.5. The van der Waals surface area contributed by atoms with Gasteiger partial charge in [-0.2, -0.15) is 0 Å². The first-order chi connectivity index (χ1) is 12.4. The van der Waals surface area contributed by atoms with Gasteiger partial charge in [-0.15, -0.1) is 0 Å². The lowest BCUT2D eigenvalue weighted by Crippen LogP contribution is -2.13. The van der Waals surface area contributed by atoms with Crippen molar-refractivity contribution in [1.82, 2.24) is 0 Å². The number of aliphatic hydroxyl groups excluding tert-OH is 1. The van der Waals surface area contributed by atoms with Gasteiger partial charge < -0.3 is 14.8 Å². The van der Waals surface area contributed by atoms with Crippen molar-refractivity contribution >= 4 is 45.8 Å². The van der Waals surface area contributed by atoms with Crippen molar-refractivity contribution in [3.05, 3.63) is 63.3 Å². The van der Waals surface area contributed by atoms with Crippen molar-refractivity contribution < 1.29 is 14.3 Å². The first-order valence-corrected chi connectivity index (χ1v) is 9.05. The van der Waals surface area contributed by atoms with Crippen LogP contribution >= 0.6 is 23.2 Å². The van der Waals surface area contributed by atoms with Crippen LogP contribution in [-0.2, 0) is 6.42 Å². The molecule has 2 aromatic carbocycles. The maximum atomic E-state index is 12.7. The standard InChI is InChI=1S/C20H19Cl2NO3/c1-11(10-24)9-14-12(2)26-19-13(14)5-3-8-17(19)23-20(25)18-15(21)6-4-7-16(18)22/h3-8,11,24H,9-10H2,1-2H3,(H,23,25). The molecule has 1 unspecified atom stereocenters. The number of anilines is 1. The van der Waals surface area contributed by atoms with Crippen LogP contribution in [0.2, 0.25) is 10.0 Å². The number of halogens is 2. The molecule has 2 N–H and O–H groups in total. The quantitative estimate of drug-likeness (QED) is 0.605. The number of benzene rings is 2. The molecule has 0 radical (unpaired) electrons. The fourth-order valence-corrected chi connectivity index (χ4v) is 3.52. The molecule has 26 heavy (non-hydrogen) atoms. The van der Waals surface area contributed by atoms with Crippen LogP contribution in [0.25, 0.3) is 11.0 Å². The van der Waals surface area contributed by atoms with Gasteiger partial charge in [0.2, 0.25) is 0 Å². The molecule has 0 saturated heterocycles. The van der Waals surface area contributed by atoms with Gasteiger partial charge in [0.25, 0.3) is 5.91 Å². The van der Waals surface area contributed by atoms with Crippen molar-refractivity contribution in [2.75, 3.05) is 11.9 Å². The number of para-hydroxylation sites is 1. The number of carbonyl (C=O) groups is 1. The summed E-state index contributed by atoms with van der Waals surface area (Å²) in [6.45, 7) is 3.97. The van der Waals surface area contributed by atoms with Crippen LogP contribution in [0.5, 0.6) is 0 Å². The first kappa shape index (κ1) is 18.8. The van der Waals surface area contributed by atoms with Crippen LogP contribution in [0, 0.1) is 12.8 Å². The summed E-state index contributed by atoms with van der Waals surface area (Å²) in [5, 5.41) is 13.7. The van der Waals surface area contributed by atoms with Gasteiger partial charge in [0.1, 0.15) is 5.76 Å². The Kier molecular flexibility index (Phi) is 5.56. The Morgan fingerprint density at radius 3 is 2.50 bits per heavy atom. The first-order valence-electron chi connectivity index (χ1n) is 8.29. The normalized spacial score (nSPS) is 12.3. The Morgan fingerprint density at radius 2 is 1.85 bits per heavy atom. The average Bonchev–Trinajstić information content (AvgIpc) is 2.91. The molecule has 0 aliphatic rings. The van der Waals surface area contributed by atoms with Crippen LogP contribution in [0.1, 0.15) is 28.6 Å². The minimum Gasteiger partial charge on any atom is -0.459 e. The van der Waals surface area contributed by atoms with Crippen molar-refractivity contribution in [1.29, 1.82) is 0 Å². The number of furan rings is 1. The predicted octanol–water partition coefficient (Wildman–Crippen LogP) is 5.47. The number of fused-ring (bicyclic) bond motifs is 1. The van der Waals surface area contributed by atoms with Crippen molar-refractivity contribution in [3.8, 4) is 0 Å². The van der Waals surface area contributed by atoms with Gasteiger partial charge in [0, 0.05) is 17.6 Å². The number of aliphatic hydroxyl groups is 1. The Hall–Kier alpha value is -2.01. The number of nitrogens with one attached hydrogen (secondary N) is 1. The molecule has 136 valence electrons. The maximum absolute atomic E-state index is 12.7. The molecule has 0 saturated carbocycles. The van der Waals surface area contributed by atoms with E-state index in [-0.39, 0.29) is 28.1 Å². The number of carbonyl (C=O) groups excluding carboxylic acids is 1. The smallest absolute Gasteiger partial charge is 0.258 e. The zero-order chi connectivity index (χ0) is 18.8. The minimum atomic E-state index is -0.396. The lowest BCUT2D eigenvalue weighted by Gasteiger charge is -2.09. The summed E-state index contributed by atoms with van der Waals surface area (Å²) in [6, 6.07) is 10.5. The third kappa shape index (κ3) is 3.58. The topological polar surface area (TPSA) is 62.5 Å². The van der Waals surface area contributed by atoms with Crippen LogP contribution in [-0.4, -0.2) is 17.6 Å². The summed E-state index contributed by atoms with van der Waals surface area (Å²) in [6.07, 6.45) is 0.697. The van der Waals surface area contributed by atoms with Crippen molar-refractivity contribution in [3.63, 3.8) is 0 Å². The molecule has 3 aromatic rings. The Labute approximate surface area is 161 Å². The summed E-state index contributed by atoms with van der Waals surface area (Å²) in [5.41, 5.74) is 2.41. The molecule has 4 nitrogen and oxygen atoms in total. The molecule has 3 rings (SSSR count). The number of amides is 1. The van der Waals surface area contributed by atoms with E-state index in [1.807, 2.05) is 26.0 Å². The highest BCUT2D eigenvalue weighted by Gasteiger charge is 2.19. The van der Waals surface area contributed by atoms with E-state index in [9.17, 15) is 9.90 Å². The molecule has 0 aliphatic carbocycles. The largest absolute Gasteiger partial charge is 0.459 e. The van der Waals surface area contributed by atoms with Gasteiger partial charge in [-0.05, 0) is 37.5 Å². The number of hydrogen-bond donors (Lipinski definition) is 2. The van der Waals surface area contributed by atoms with E-state index in [4.69, 9.17) is 27.6 Å². The third-order valence-electron chi connectivity index (χ3n) is 4.32. The summed E-state index contributed by atoms with van der Waals surface area (Å²) in [7, 11) is 0. The van der Waals surface area contributed by atoms with Crippen molar-refractivity contribution in [2.45, 2.75) is 20.3 Å². The van der Waals surface area contributed by atoms with E-state index in [1.54, 1.807) is 24.3 Å². The fraction of sp³-hybridized carbons (Fsp3) is 0.250. The van der Waals surface area contributed by atoms with Gasteiger partial charge in [0.15, 0.2) is 5.58 Å². The maximum Gasteiger partial charge on any atom is 0.258 e. The molecular weight excluding hydrogens is 373 g/mol. The van der Waals surface area contributed by atoms with Gasteiger partial charge in [-0.1, -0.05) is 48.3 Å². The van der Waals surface area contributed by atoms with E-state index >= 15 is 0 Å². The number of rotatable bonds is 5. The van der Waals surface area contributed by atoms with E-state index < -0.39 is 5.91 Å². The molecule has 1 aromatic heterocycles. The van der Waals surface area contributed by atoms with Crippen LogP contribution in [0.15, 0.2) is 40.8 Å². The molecule has 1 amide bonds. The van der Waals surface area contributed by atoms with Gasteiger partial charge in [-0.25, -0.2) is 0 Å². The van der Waals surface area contributed by atoms with Crippen LogP contribution in [0.3, 0.4) is 0 Å². The Balaban J connectivity index is 1.99. The summed E-state index contributed by atoms with van der Waals surface area (Å²) in [4.78, 5) is 12.7. The predicted molar refractivity (Wildman–Crippen MR) is 105 cm³/mol. The van der Waals surface area contributed by atoms with E-state index in [1.165, 1.54) is 0 Å². The second-order valence-electron chi connectivity index (χ2n) is 6.36. The summed E-state index contributed by atoms with van der Waals surface area (Å²) < 4.78 is 5.91. The lowest BCUT2D eigenvalue weighted by atomic mass is 9.99. The molecule has 1 atom stereocenters. The van der Waals surface area contributed by atoms with Gasteiger partial charge in [0.05, 0.1) is 21.3 Å². The SMILES string of the molecule is Cc1oc2c(NC(=O)c3c(Cl)cccc3Cl)cccc2c1CC(C)CO. The molecule has 0 spiro atoms. The summed E-state index contributed by atoms with van der Waals surface area (Å²) >= 11 is 12.2. The van der Waals surface area contributed by atoms with E-state index in [0.717, 1.165) is 16.7 Å². The number of hydrogen-bond acceptors (Lipinski definition) is 3. The third-order valence-corrected chi connectivity index (χ3v) is 4.95. The molecule has 0 bridgehead atoms. The molecular formula is C20H19Cl2NO3. The summed E-state index contributed by atoms with van der Waals surface area (Å²) in [5.74, 6) is 0.500. The lowest BCUT2D eigenvalue weighted by molar-refractivity contribution is 0.102. The molecule has 6 heteroatoms. The van der Waals surface area contributed by atoms with E-state index in [0.29, 0.717) is 17.7 Å². The highest BCUT2D eigenvalue weighted by Crippen LogP contribution is 2.33. The second-order valence-corrected chi connectivity index (χ2v) is 7.18. The molecule has 1 heterocycles. The fourth-order valence-electron chi connectivity index (χ4n) is 2.95. The highest BCUT2D eigenvalue weighted by molar-refractivity contribution is 6.40. The van der Waals surface area contributed by atoms with Gasteiger partial charge in [-0.3, -0.25) is 4.79 Å². The Bertz CT molecular complexity index is 945. The second kappa shape index (κ2) is 7.70. The highest BCUT2D eigenvalue weighted by atomic mass is 35.5. The van der Waals surface area contributed by atoms with Gasteiger partial charge >= 0.3 is 0 Å². The monoisotopic (exact) mass is 391 g/mol. The molecule has 0 aliphatic heterocycles. The zero-order valence-corrected chi connectivity index (χ0v) is 16.0.